The third kappa shape index (κ3) is 3.12. The third-order valence-corrected chi connectivity index (χ3v) is 4.33. The molecule has 3 rings (SSSR count). The van der Waals surface area contributed by atoms with Crippen molar-refractivity contribution >= 4 is 23.3 Å². The van der Waals surface area contributed by atoms with Gasteiger partial charge in [-0.1, -0.05) is 0 Å². The maximum atomic E-state index is 12.7. The van der Waals surface area contributed by atoms with Crippen LogP contribution < -0.4 is 9.64 Å². The van der Waals surface area contributed by atoms with E-state index in [1.54, 1.807) is 24.3 Å². The highest BCUT2D eigenvalue weighted by Gasteiger charge is 2.43. The number of carbonyl (C=O) groups is 3. The van der Waals surface area contributed by atoms with Gasteiger partial charge in [0.15, 0.2) is 0 Å². The monoisotopic (exact) mass is 316 g/mol. The van der Waals surface area contributed by atoms with Gasteiger partial charge in [0, 0.05) is 25.9 Å². The molecule has 6 nitrogen and oxygen atoms in total. The van der Waals surface area contributed by atoms with Gasteiger partial charge in [-0.15, -0.1) is 0 Å². The molecule has 2 heterocycles. The maximum absolute atomic E-state index is 12.7. The van der Waals surface area contributed by atoms with Gasteiger partial charge in [-0.3, -0.25) is 19.3 Å². The number of benzene rings is 1. The van der Waals surface area contributed by atoms with Crippen molar-refractivity contribution in [2.45, 2.75) is 32.2 Å². The van der Waals surface area contributed by atoms with E-state index in [2.05, 4.69) is 0 Å². The van der Waals surface area contributed by atoms with Crippen LogP contribution in [0.3, 0.4) is 0 Å². The summed E-state index contributed by atoms with van der Waals surface area (Å²) in [4.78, 5) is 39.5. The van der Waals surface area contributed by atoms with Gasteiger partial charge in [0.1, 0.15) is 11.5 Å². The lowest BCUT2D eigenvalue weighted by Gasteiger charge is -2.29. The van der Waals surface area contributed by atoms with Crippen LogP contribution in [0.5, 0.6) is 5.75 Å². The van der Waals surface area contributed by atoms with Crippen LogP contribution in [-0.2, 0) is 14.4 Å². The second kappa shape index (κ2) is 6.50. The molecular formula is C17H20N2O4. The summed E-state index contributed by atoms with van der Waals surface area (Å²) < 4.78 is 5.37. The normalized spacial score (nSPS) is 22.7. The highest BCUT2D eigenvalue weighted by Crippen LogP contribution is 2.28. The van der Waals surface area contributed by atoms with Crippen molar-refractivity contribution in [1.29, 1.82) is 0 Å². The van der Waals surface area contributed by atoms with E-state index in [4.69, 9.17) is 4.74 Å². The first-order chi connectivity index (χ1) is 11.1. The molecule has 0 unspecified atom stereocenters. The van der Waals surface area contributed by atoms with Gasteiger partial charge in [-0.05, 0) is 31.2 Å². The number of ether oxygens (including phenoxy) is 1. The van der Waals surface area contributed by atoms with E-state index in [0.717, 1.165) is 0 Å². The molecule has 2 amide bonds. The Hall–Kier alpha value is -2.21. The molecule has 2 fully saturated rings. The van der Waals surface area contributed by atoms with Crippen molar-refractivity contribution in [2.75, 3.05) is 24.6 Å². The molecular weight excluding hydrogens is 296 g/mol. The number of hydrogen-bond acceptors (Lipinski definition) is 5. The smallest absolute Gasteiger partial charge is 0.251 e. The molecule has 0 aliphatic carbocycles. The highest BCUT2D eigenvalue weighted by atomic mass is 16.5. The van der Waals surface area contributed by atoms with E-state index >= 15 is 0 Å². The first-order valence-corrected chi connectivity index (χ1v) is 7.95. The molecule has 0 bridgehead atoms. The molecule has 0 spiro atoms. The van der Waals surface area contributed by atoms with E-state index in [-0.39, 0.29) is 24.0 Å². The zero-order chi connectivity index (χ0) is 16.4. The predicted octanol–water partition coefficient (Wildman–Crippen LogP) is 1.38. The zero-order valence-corrected chi connectivity index (χ0v) is 13.2. The maximum Gasteiger partial charge on any atom is 0.251 e. The lowest BCUT2D eigenvalue weighted by molar-refractivity contribution is -0.127. The molecule has 122 valence electrons. The van der Waals surface area contributed by atoms with Crippen molar-refractivity contribution in [3.8, 4) is 5.75 Å². The van der Waals surface area contributed by atoms with Crippen molar-refractivity contribution in [1.82, 2.24) is 4.90 Å². The average molecular weight is 316 g/mol. The molecule has 6 heteroatoms. The van der Waals surface area contributed by atoms with E-state index in [0.29, 0.717) is 44.0 Å². The van der Waals surface area contributed by atoms with Crippen LogP contribution in [0.15, 0.2) is 24.3 Å². The standard InChI is InChI=1S/C17H20N2O4/c1-2-23-14-5-3-12(4-6-14)19-16(21)11-15(17(19)22)18-9-7-13(20)8-10-18/h3-6,15H,2,7-11H2,1H3/t15-/m1/s1. The summed E-state index contributed by atoms with van der Waals surface area (Å²) in [5.41, 5.74) is 0.569. The fraction of sp³-hybridized carbons (Fsp3) is 0.471. The highest BCUT2D eigenvalue weighted by molar-refractivity contribution is 6.22. The van der Waals surface area contributed by atoms with Crippen molar-refractivity contribution < 1.29 is 19.1 Å². The summed E-state index contributed by atoms with van der Waals surface area (Å²) in [6.45, 7) is 3.57. The molecule has 2 aliphatic heterocycles. The number of piperidine rings is 1. The van der Waals surface area contributed by atoms with Gasteiger partial charge in [0.05, 0.1) is 24.8 Å². The molecule has 0 N–H and O–H groups in total. The van der Waals surface area contributed by atoms with Crippen molar-refractivity contribution in [2.24, 2.45) is 0 Å². The Balaban J connectivity index is 1.74. The Bertz CT molecular complexity index is 616. The minimum atomic E-state index is -0.442. The van der Waals surface area contributed by atoms with E-state index in [1.165, 1.54) is 4.90 Å². The summed E-state index contributed by atoms with van der Waals surface area (Å²) >= 11 is 0. The number of amides is 2. The molecule has 23 heavy (non-hydrogen) atoms. The number of rotatable bonds is 4. The minimum Gasteiger partial charge on any atom is -0.494 e. The number of ketones is 1. The molecule has 2 aliphatic rings. The molecule has 1 aromatic rings. The van der Waals surface area contributed by atoms with Crippen molar-refractivity contribution in [3.63, 3.8) is 0 Å². The third-order valence-electron chi connectivity index (χ3n) is 4.33. The average Bonchev–Trinajstić information content (AvgIpc) is 2.84. The first kappa shape index (κ1) is 15.7. The molecule has 0 saturated carbocycles. The minimum absolute atomic E-state index is 0.181. The molecule has 0 aromatic heterocycles. The van der Waals surface area contributed by atoms with E-state index < -0.39 is 6.04 Å². The fourth-order valence-corrected chi connectivity index (χ4v) is 3.12. The van der Waals surface area contributed by atoms with Crippen LogP contribution in [0, 0.1) is 0 Å². The van der Waals surface area contributed by atoms with Gasteiger partial charge in [0.2, 0.25) is 5.91 Å². The van der Waals surface area contributed by atoms with Crippen LogP contribution >= 0.6 is 0 Å². The summed E-state index contributed by atoms with van der Waals surface area (Å²) in [6, 6.07) is 6.52. The van der Waals surface area contributed by atoms with Crippen LogP contribution in [0.4, 0.5) is 5.69 Å². The van der Waals surface area contributed by atoms with Gasteiger partial charge < -0.3 is 4.74 Å². The summed E-state index contributed by atoms with van der Waals surface area (Å²) in [6.07, 6.45) is 1.10. The van der Waals surface area contributed by atoms with Crippen molar-refractivity contribution in [3.05, 3.63) is 24.3 Å². The Morgan fingerprint density at radius 2 is 1.74 bits per heavy atom. The molecule has 2 saturated heterocycles. The van der Waals surface area contributed by atoms with Crippen LogP contribution in [0.1, 0.15) is 26.2 Å². The summed E-state index contributed by atoms with van der Waals surface area (Å²) in [7, 11) is 0. The number of anilines is 1. The second-order valence-corrected chi connectivity index (χ2v) is 5.79. The Kier molecular flexibility index (Phi) is 4.43. The lowest BCUT2D eigenvalue weighted by atomic mass is 10.1. The summed E-state index contributed by atoms with van der Waals surface area (Å²) in [5, 5.41) is 0. The Labute approximate surface area is 135 Å². The number of hydrogen-bond donors (Lipinski definition) is 0. The zero-order valence-electron chi connectivity index (χ0n) is 13.2. The molecule has 1 aromatic carbocycles. The van der Waals surface area contributed by atoms with Gasteiger partial charge in [-0.2, -0.15) is 0 Å². The SMILES string of the molecule is CCOc1ccc(N2C(=O)C[C@@H](N3CCC(=O)CC3)C2=O)cc1. The second-order valence-electron chi connectivity index (χ2n) is 5.79. The van der Waals surface area contributed by atoms with E-state index in [1.807, 2.05) is 11.8 Å². The fourth-order valence-electron chi connectivity index (χ4n) is 3.12. The molecule has 1 atom stereocenters. The van der Waals surface area contributed by atoms with Crippen LogP contribution in [0.2, 0.25) is 0 Å². The number of imide groups is 1. The molecule has 0 radical (unpaired) electrons. The number of Topliss-reactive ketones (excluding diaryl/α,β-unsaturated/α-hetero) is 1. The summed E-state index contributed by atoms with van der Waals surface area (Å²) in [5.74, 6) is 0.539. The van der Waals surface area contributed by atoms with Crippen LogP contribution in [-0.4, -0.2) is 48.2 Å². The largest absolute Gasteiger partial charge is 0.494 e. The van der Waals surface area contributed by atoms with Gasteiger partial charge >= 0.3 is 0 Å². The predicted molar refractivity (Wildman–Crippen MR) is 84.3 cm³/mol. The number of likely N-dealkylation sites (tertiary alicyclic amines) is 1. The number of carbonyl (C=O) groups excluding carboxylic acids is 3. The first-order valence-electron chi connectivity index (χ1n) is 7.95. The quantitative estimate of drug-likeness (QED) is 0.785. The van der Waals surface area contributed by atoms with Gasteiger partial charge in [0.25, 0.3) is 5.91 Å². The lowest BCUT2D eigenvalue weighted by Crippen LogP contribution is -2.46. The Morgan fingerprint density at radius 3 is 2.35 bits per heavy atom. The van der Waals surface area contributed by atoms with Gasteiger partial charge in [-0.25, -0.2) is 4.90 Å². The topological polar surface area (TPSA) is 66.9 Å². The van der Waals surface area contributed by atoms with E-state index in [9.17, 15) is 14.4 Å². The van der Waals surface area contributed by atoms with Crippen LogP contribution in [0.25, 0.3) is 0 Å². The Morgan fingerprint density at radius 1 is 1.09 bits per heavy atom. The number of nitrogens with zero attached hydrogens (tertiary/aromatic N) is 2.